The third kappa shape index (κ3) is 44.9. The van der Waals surface area contributed by atoms with Crippen molar-refractivity contribution in [2.24, 2.45) is 5.73 Å². The van der Waals surface area contributed by atoms with Crippen LogP contribution in [0.5, 0.6) is 0 Å². The van der Waals surface area contributed by atoms with Crippen LogP contribution in [0.15, 0.2) is 93.9 Å². The summed E-state index contributed by atoms with van der Waals surface area (Å²) < 4.78 is 2.05. The molecule has 0 bridgehead atoms. The van der Waals surface area contributed by atoms with Crippen molar-refractivity contribution in [2.45, 2.75) is 85.7 Å². The van der Waals surface area contributed by atoms with Crippen LogP contribution in [-0.2, 0) is 32.0 Å². The molecule has 2 aliphatic rings. The van der Waals surface area contributed by atoms with Crippen LogP contribution in [0.1, 0.15) is 69.2 Å². The lowest BCUT2D eigenvalue weighted by atomic mass is 10.00. The molecule has 2 aromatic heterocycles. The Hall–Kier alpha value is -19.8. The van der Waals surface area contributed by atoms with Gasteiger partial charge in [-0.15, -0.1) is 0 Å². The number of halogens is 2. The highest BCUT2D eigenvalue weighted by molar-refractivity contribution is 9.10. The highest BCUT2D eigenvalue weighted by atomic mass is 79.9. The molecular weight excluding hydrogens is 1680 g/mol. The number of carboxylic acid groups (broad SMARTS) is 1. The Labute approximate surface area is 756 Å². The lowest BCUT2D eigenvalue weighted by molar-refractivity contribution is -0.137. The van der Waals surface area contributed by atoms with E-state index < -0.39 is 12.0 Å². The van der Waals surface area contributed by atoms with E-state index in [1.165, 1.54) is 11.1 Å². The number of rotatable bonds is 9. The maximum Gasteiger partial charge on any atom is 0.303 e. The van der Waals surface area contributed by atoms with Gasteiger partial charge in [-0.1, -0.05) is 98.7 Å². The number of hydrogen-bond donors (Lipinski definition) is 7. The topological polar surface area (TPSA) is 182 Å². The molecule has 13 heteroatoms. The zero-order valence-corrected chi connectivity index (χ0v) is 70.0. The van der Waals surface area contributed by atoms with Crippen LogP contribution in [0.3, 0.4) is 0 Å². The van der Waals surface area contributed by atoms with Gasteiger partial charge >= 0.3 is 5.97 Å². The van der Waals surface area contributed by atoms with Gasteiger partial charge in [-0.3, -0.25) is 19.2 Å². The fourth-order valence-corrected chi connectivity index (χ4v) is 9.64. The zero-order valence-electron chi connectivity index (χ0n) is 66.8. The van der Waals surface area contributed by atoms with Crippen molar-refractivity contribution < 1.29 is 24.3 Å². The average molecular weight is 1740 g/mol. The molecule has 4 aromatic carbocycles. The van der Waals surface area contributed by atoms with Gasteiger partial charge in [0.05, 0.1) is 6.04 Å². The van der Waals surface area contributed by atoms with E-state index in [0.29, 0.717) is 32.2 Å². The van der Waals surface area contributed by atoms with Crippen molar-refractivity contribution in [1.29, 1.82) is 0 Å². The van der Waals surface area contributed by atoms with E-state index in [-0.39, 0.29) is 37.6 Å². The van der Waals surface area contributed by atoms with Crippen LogP contribution >= 0.6 is 31.9 Å². The third-order valence-corrected chi connectivity index (χ3v) is 15.3. The lowest BCUT2D eigenvalue weighted by Gasteiger charge is -2.10. The van der Waals surface area contributed by atoms with Crippen molar-refractivity contribution in [1.82, 2.24) is 25.9 Å². The largest absolute Gasteiger partial charge is 0.481 e. The summed E-state index contributed by atoms with van der Waals surface area (Å²) >= 11 is 6.92. The predicted molar refractivity (Wildman–Crippen MR) is 506 cm³/mol. The van der Waals surface area contributed by atoms with Gasteiger partial charge in [-0.25, -0.2) is 0 Å². The molecule has 0 radical (unpaired) electrons. The molecule has 2 saturated heterocycles. The third-order valence-electron chi connectivity index (χ3n) is 14.2. The Morgan fingerprint density at radius 3 is 0.802 bits per heavy atom. The van der Waals surface area contributed by atoms with Crippen LogP contribution in [0.25, 0.3) is 44.3 Å². The van der Waals surface area contributed by atoms with Crippen LogP contribution in [0.2, 0.25) is 0 Å². The molecule has 11 nitrogen and oxygen atoms in total. The van der Waals surface area contributed by atoms with Gasteiger partial charge in [0.1, 0.15) is 6.04 Å². The second-order valence-electron chi connectivity index (χ2n) is 22.8. The number of fused-ring (bicyclic) bond motifs is 2. The minimum absolute atomic E-state index is 0. The summed E-state index contributed by atoms with van der Waals surface area (Å²) in [5.74, 6) is 165. The summed E-state index contributed by atoms with van der Waals surface area (Å²) in [7, 11) is 0. The number of nitrogens with two attached hydrogens (primary N) is 1. The maximum atomic E-state index is 12.4. The SMILES string of the molecule is C.CC#CC#CC#CC#CC#CC#CC#CC#CC#CC#CC#CC#CC#CC#CC#CC#CC#CC#CC#CC#CC#CC#CC#CC#CC#CC#CC#CC#CC#CC#CC#CC#CC#CC.Cc1ccc2[nH]c(-c3ccc(Br)cc3)c(CCC(=O)N[C@H]3CCNC3=O)c2c1.Cc1ccc2[nH]c(-c3ccc(Br)cc3)c(CCC(=O)O)c2c1.N[C@H]1CCNC1=O. The normalized spacial score (nSPS) is 9.39. The van der Waals surface area contributed by atoms with Crippen LogP contribution in [-0.4, -0.2) is 63.9 Å². The van der Waals surface area contributed by atoms with E-state index in [4.69, 9.17) is 10.8 Å². The number of H-pyrrole nitrogens is 2. The van der Waals surface area contributed by atoms with Crippen molar-refractivity contribution in [3.63, 3.8) is 0 Å². The van der Waals surface area contributed by atoms with Crippen molar-refractivity contribution in [3.05, 3.63) is 116 Å². The molecule has 8 N–H and O–H groups in total. The van der Waals surface area contributed by atoms with E-state index in [1.807, 2.05) is 43.3 Å². The van der Waals surface area contributed by atoms with Crippen molar-refractivity contribution in [2.75, 3.05) is 13.1 Å². The number of aliphatic carboxylic acids is 1. The molecule has 4 heterocycles. The van der Waals surface area contributed by atoms with Gasteiger partial charge < -0.3 is 36.8 Å². The van der Waals surface area contributed by atoms with Gasteiger partial charge in [0.2, 0.25) is 17.7 Å². The first kappa shape index (κ1) is 98.6. The molecule has 3 amide bonds. The van der Waals surface area contributed by atoms with Crippen molar-refractivity contribution >= 4 is 77.4 Å². The van der Waals surface area contributed by atoms with Gasteiger partial charge in [-0.2, -0.15) is 0 Å². The average Bonchev–Trinajstić information content (AvgIpc) is 1.64. The number of benzene rings is 4. The first-order chi connectivity index (χ1) is 61.3. The highest BCUT2D eigenvalue weighted by Gasteiger charge is 2.26. The Kier molecular flexibility index (Phi) is 50.4. The second-order valence-corrected chi connectivity index (χ2v) is 24.7. The standard InChI is InChI=1S/C68H6.C22H22BrN3O2.C18H16BrNO2.C4H8N2O.CH4/c1-3-5-7-9-11-13-15-17-19-21-23-25-27-29-31-33-35-37-39-41-43-45-47-49-51-53-55-57-59-61-63-65-67-68-66-64-62-60-58-56-54-52-50-48-46-44-42-40-38-36-34-32-30-28-26-24-22-20-18-16-14-12-10-8-6-4-2;1-13-2-8-18-17(12-13)16(21(26-18)14-3-5-15(23)6-4-14)7-9-20(27)25-19-10-11-24-22(19)28;1-11-2-8-16-15(10-11)14(7-9-17(21)22)18(20-16)12-3-5-13(19)6-4-12;5-3-1-2-6-4(3)7;/h1-2H3;2-6,8,12,19,26H,7,9-11H2,1H3,(H,24,28)(H,25,27);2-6,8,10,20H,7,9H2,1H3,(H,21,22);3H,1-2,5H2,(H,6,7);1H4/t;19-;;3-;/m.0.0./s1. The number of amides is 3. The first-order valence-corrected chi connectivity index (χ1v) is 37.8. The molecule has 0 saturated carbocycles. The zero-order chi connectivity index (χ0) is 89.3. The van der Waals surface area contributed by atoms with Crippen LogP contribution in [0, 0.1) is 405 Å². The second kappa shape index (κ2) is 64.4. The number of carboxylic acids is 1. The molecule has 8 rings (SSSR count). The number of aromatic amines is 2. The number of hydrogen-bond acceptors (Lipinski definition) is 5. The van der Waals surface area contributed by atoms with E-state index in [2.05, 4.69) is 504 Å². The first-order valence-electron chi connectivity index (χ1n) is 36.2. The number of carbonyl (C=O) groups excluding carboxylic acids is 3. The van der Waals surface area contributed by atoms with Gasteiger partial charge in [0.25, 0.3) is 0 Å². The minimum atomic E-state index is -0.774. The monoisotopic (exact) mass is 1730 g/mol. The Morgan fingerprint density at radius 2 is 0.595 bits per heavy atom. The summed E-state index contributed by atoms with van der Waals surface area (Å²) in [5.41, 5.74) is 16.1. The molecule has 0 aliphatic carbocycles. The fourth-order valence-electron chi connectivity index (χ4n) is 9.11. The highest BCUT2D eigenvalue weighted by Crippen LogP contribution is 2.34. The van der Waals surface area contributed by atoms with E-state index in [9.17, 15) is 19.2 Å². The quantitative estimate of drug-likeness (QED) is 0.0709. The number of carbonyl (C=O) groups is 4. The molecule has 2 aliphatic heterocycles. The molecule has 2 atom stereocenters. The van der Waals surface area contributed by atoms with Gasteiger partial charge in [-0.05, 0) is 219 Å². The Morgan fingerprint density at radius 1 is 0.357 bits per heavy atom. The van der Waals surface area contributed by atoms with Crippen LogP contribution in [0.4, 0.5) is 0 Å². The smallest absolute Gasteiger partial charge is 0.303 e. The minimum Gasteiger partial charge on any atom is -0.481 e. The molecule has 126 heavy (non-hydrogen) atoms. The van der Waals surface area contributed by atoms with E-state index in [1.54, 1.807) is 13.8 Å². The number of nitrogens with one attached hydrogen (secondary N) is 5. The molecule has 582 valence electrons. The lowest BCUT2D eigenvalue weighted by Crippen LogP contribution is -2.40. The van der Waals surface area contributed by atoms with Crippen LogP contribution < -0.4 is 21.7 Å². The van der Waals surface area contributed by atoms with Gasteiger partial charge in [0, 0.05) is 352 Å². The Bertz CT molecular complexity index is 7410. The summed E-state index contributed by atoms with van der Waals surface area (Å²) in [6.07, 6.45) is 3.04. The summed E-state index contributed by atoms with van der Waals surface area (Å²) in [4.78, 5) is 52.4. The number of aryl methyl sites for hydroxylation is 4. The molecule has 2 fully saturated rings. The predicted octanol–water partition coefficient (Wildman–Crippen LogP) is 9.37. The molecule has 0 unspecified atom stereocenters. The molecule has 0 spiro atoms. The fraction of sp³-hybridized carbons (Fsp3) is 0.133. The van der Waals surface area contributed by atoms with Gasteiger partial charge in [0.15, 0.2) is 0 Å². The summed E-state index contributed by atoms with van der Waals surface area (Å²) in [6, 6.07) is 28.1. The number of aromatic nitrogens is 2. The summed E-state index contributed by atoms with van der Waals surface area (Å²) in [5, 5.41) is 19.5. The molecule has 6 aromatic rings. The maximum absolute atomic E-state index is 12.4. The van der Waals surface area contributed by atoms with E-state index in [0.717, 1.165) is 77.4 Å². The molecular formula is C113H56Br2N6O5. The Balaban J connectivity index is 0.000000454. The van der Waals surface area contributed by atoms with E-state index >= 15 is 0 Å². The van der Waals surface area contributed by atoms with Crippen molar-refractivity contribution in [3.8, 4) is 413 Å². The summed E-state index contributed by atoms with van der Waals surface area (Å²) in [6.45, 7) is 8.86.